The molecule has 0 saturated heterocycles. The zero-order valence-electron chi connectivity index (χ0n) is 12.7. The number of carboxylic acids is 1. The molecule has 3 aromatic rings. The van der Waals surface area contributed by atoms with Gasteiger partial charge < -0.3 is 19.5 Å². The van der Waals surface area contributed by atoms with Crippen molar-refractivity contribution in [3.05, 3.63) is 65.7 Å². The lowest BCUT2D eigenvalue weighted by Gasteiger charge is -2.11. The van der Waals surface area contributed by atoms with E-state index in [4.69, 9.17) is 9.63 Å². The monoisotopic (exact) mass is 345 g/mol. The van der Waals surface area contributed by atoms with E-state index < -0.39 is 13.6 Å². The van der Waals surface area contributed by atoms with Crippen LogP contribution in [0, 0.1) is 0 Å². The molecule has 1 aromatic heterocycles. The van der Waals surface area contributed by atoms with E-state index in [0.717, 1.165) is 0 Å². The molecule has 1 heterocycles. The number of aromatic nitrogens is 1. The summed E-state index contributed by atoms with van der Waals surface area (Å²) in [6.45, 7) is 0. The highest BCUT2D eigenvalue weighted by atomic mass is 31.2. The number of H-pyrrole nitrogens is 1. The van der Waals surface area contributed by atoms with Crippen LogP contribution in [0.25, 0.3) is 10.9 Å². The Balaban J connectivity index is 1.84. The third-order valence-corrected chi connectivity index (χ3v) is 4.78. The van der Waals surface area contributed by atoms with Gasteiger partial charge in [-0.25, -0.2) is 4.57 Å². The highest BCUT2D eigenvalue weighted by Crippen LogP contribution is 2.46. The van der Waals surface area contributed by atoms with E-state index >= 15 is 0 Å². The van der Waals surface area contributed by atoms with Gasteiger partial charge in [-0.3, -0.25) is 4.79 Å². The first kappa shape index (κ1) is 16.3. The summed E-state index contributed by atoms with van der Waals surface area (Å²) in [4.78, 5) is 23.9. The molecule has 0 amide bonds. The zero-order chi connectivity index (χ0) is 17.2. The second-order valence-electron chi connectivity index (χ2n) is 5.45. The molecule has 2 aromatic carbocycles. The first-order valence-corrected chi connectivity index (χ1v) is 9.07. The fourth-order valence-corrected chi connectivity index (χ4v) is 3.70. The van der Waals surface area contributed by atoms with Gasteiger partial charge in [0.1, 0.15) is 0 Å². The van der Waals surface area contributed by atoms with Crippen LogP contribution in [0.1, 0.15) is 11.1 Å². The van der Waals surface area contributed by atoms with E-state index in [0.29, 0.717) is 22.0 Å². The molecule has 6 nitrogen and oxygen atoms in total. The van der Waals surface area contributed by atoms with Gasteiger partial charge in [0.25, 0.3) is 0 Å². The molecule has 1 atom stereocenters. The van der Waals surface area contributed by atoms with Crippen molar-refractivity contribution < 1.29 is 23.9 Å². The molecule has 0 saturated carbocycles. The lowest BCUT2D eigenvalue weighted by atomic mass is 10.1. The summed E-state index contributed by atoms with van der Waals surface area (Å²) in [5.74, 6) is -0.798. The smallest absolute Gasteiger partial charge is 0.382 e. The Bertz CT molecular complexity index is 919. The van der Waals surface area contributed by atoms with Gasteiger partial charge in [0, 0.05) is 17.0 Å². The van der Waals surface area contributed by atoms with Crippen LogP contribution < -0.4 is 4.52 Å². The maximum Gasteiger partial charge on any atom is 0.382 e. The molecule has 3 rings (SSSR count). The van der Waals surface area contributed by atoms with Crippen molar-refractivity contribution in [3.8, 4) is 5.88 Å². The minimum atomic E-state index is -3.88. The summed E-state index contributed by atoms with van der Waals surface area (Å²) < 4.78 is 17.6. The highest BCUT2D eigenvalue weighted by Gasteiger charge is 2.23. The summed E-state index contributed by atoms with van der Waals surface area (Å²) in [5.41, 5.74) is 1.97. The Labute approximate surface area is 138 Å². The van der Waals surface area contributed by atoms with Gasteiger partial charge >= 0.3 is 13.6 Å². The predicted octanol–water partition coefficient (Wildman–Crippen LogP) is 3.56. The molecule has 24 heavy (non-hydrogen) atoms. The van der Waals surface area contributed by atoms with E-state index in [2.05, 4.69) is 4.98 Å². The van der Waals surface area contributed by atoms with Gasteiger partial charge in [-0.2, -0.15) is 0 Å². The van der Waals surface area contributed by atoms with Crippen LogP contribution >= 0.6 is 7.60 Å². The number of aliphatic carboxylic acids is 1. The molecular formula is C17H16NO5P. The van der Waals surface area contributed by atoms with E-state index in [9.17, 15) is 14.3 Å². The fraction of sp³-hybridized carbons (Fsp3) is 0.118. The molecule has 0 radical (unpaired) electrons. The molecule has 7 heteroatoms. The van der Waals surface area contributed by atoms with Gasteiger partial charge in [-0.05, 0) is 17.2 Å². The number of rotatable bonds is 6. The van der Waals surface area contributed by atoms with Crippen LogP contribution in [-0.2, 0) is 21.9 Å². The molecule has 0 bridgehead atoms. The topological polar surface area (TPSA) is 99.6 Å². The van der Waals surface area contributed by atoms with Gasteiger partial charge in [0.15, 0.2) is 0 Å². The van der Waals surface area contributed by atoms with Crippen LogP contribution in [0.5, 0.6) is 5.88 Å². The van der Waals surface area contributed by atoms with Crippen LogP contribution in [0.15, 0.2) is 54.6 Å². The van der Waals surface area contributed by atoms with Crippen molar-refractivity contribution in [1.82, 2.24) is 4.98 Å². The highest BCUT2D eigenvalue weighted by molar-refractivity contribution is 7.52. The Morgan fingerprint density at radius 1 is 1.12 bits per heavy atom. The van der Waals surface area contributed by atoms with Crippen LogP contribution in [0.4, 0.5) is 0 Å². The van der Waals surface area contributed by atoms with Crippen LogP contribution in [0.2, 0.25) is 0 Å². The van der Waals surface area contributed by atoms with Crippen molar-refractivity contribution in [2.24, 2.45) is 0 Å². The van der Waals surface area contributed by atoms with Crippen molar-refractivity contribution >= 4 is 24.5 Å². The number of carbonyl (C=O) groups is 1. The number of fused-ring (bicyclic) bond motifs is 1. The average molecular weight is 345 g/mol. The zero-order valence-corrected chi connectivity index (χ0v) is 13.6. The maximum atomic E-state index is 12.3. The minimum absolute atomic E-state index is 0.106. The third kappa shape index (κ3) is 3.85. The molecule has 0 spiro atoms. The van der Waals surface area contributed by atoms with E-state index in [1.165, 1.54) is 0 Å². The molecule has 1 unspecified atom stereocenters. The summed E-state index contributed by atoms with van der Waals surface area (Å²) in [5, 5.41) is 9.62. The van der Waals surface area contributed by atoms with Crippen molar-refractivity contribution in [3.63, 3.8) is 0 Å². The number of nitrogens with one attached hydrogen (secondary N) is 1. The molecule has 124 valence electrons. The maximum absolute atomic E-state index is 12.3. The van der Waals surface area contributed by atoms with E-state index in [1.807, 2.05) is 6.07 Å². The van der Waals surface area contributed by atoms with Gasteiger partial charge in [-0.1, -0.05) is 42.5 Å². The fourth-order valence-electron chi connectivity index (χ4n) is 2.56. The molecule has 0 aliphatic heterocycles. The SMILES string of the molecule is O=C(O)Cc1cccc2[nH]c(OP(=O)(O)Cc3ccccc3)cc12. The number of carboxylic acid groups (broad SMARTS) is 1. The average Bonchev–Trinajstić information content (AvgIpc) is 2.89. The van der Waals surface area contributed by atoms with Crippen molar-refractivity contribution in [2.75, 3.05) is 0 Å². The van der Waals surface area contributed by atoms with Crippen molar-refractivity contribution in [1.29, 1.82) is 0 Å². The summed E-state index contributed by atoms with van der Waals surface area (Å²) in [6, 6.07) is 15.7. The molecule has 3 N–H and O–H groups in total. The third-order valence-electron chi connectivity index (χ3n) is 3.54. The first-order chi connectivity index (χ1) is 11.4. The van der Waals surface area contributed by atoms with E-state index in [-0.39, 0.29) is 18.5 Å². The predicted molar refractivity (Wildman–Crippen MR) is 90.2 cm³/mol. The standard InChI is InChI=1S/C17H16NO5P/c19-17(20)9-13-7-4-8-15-14(13)10-16(18-15)23-24(21,22)11-12-5-2-1-3-6-12/h1-8,10,18H,9,11H2,(H,19,20)(H,21,22). The molecule has 0 aliphatic rings. The lowest BCUT2D eigenvalue weighted by molar-refractivity contribution is -0.136. The molecule has 0 fully saturated rings. The number of hydrogen-bond acceptors (Lipinski definition) is 3. The number of hydrogen-bond donors (Lipinski definition) is 3. The van der Waals surface area contributed by atoms with Crippen LogP contribution in [0.3, 0.4) is 0 Å². The summed E-state index contributed by atoms with van der Waals surface area (Å²) in [6.07, 6.45) is -0.235. The quantitative estimate of drug-likeness (QED) is 0.593. The largest absolute Gasteiger partial charge is 0.481 e. The Morgan fingerprint density at radius 2 is 1.88 bits per heavy atom. The normalized spacial score (nSPS) is 13.5. The van der Waals surface area contributed by atoms with Crippen LogP contribution in [-0.4, -0.2) is 21.0 Å². The van der Waals surface area contributed by atoms with Crippen molar-refractivity contribution in [2.45, 2.75) is 12.6 Å². The minimum Gasteiger partial charge on any atom is -0.481 e. The summed E-state index contributed by atoms with van der Waals surface area (Å²) in [7, 11) is -3.88. The lowest BCUT2D eigenvalue weighted by Crippen LogP contribution is -1.99. The van der Waals surface area contributed by atoms with Gasteiger partial charge in [0.2, 0.25) is 5.88 Å². The van der Waals surface area contributed by atoms with Gasteiger partial charge in [-0.15, -0.1) is 0 Å². The van der Waals surface area contributed by atoms with Gasteiger partial charge in [0.05, 0.1) is 12.6 Å². The Hall–Kier alpha value is -2.56. The second-order valence-corrected chi connectivity index (χ2v) is 7.23. The summed E-state index contributed by atoms with van der Waals surface area (Å²) >= 11 is 0. The first-order valence-electron chi connectivity index (χ1n) is 7.31. The second kappa shape index (κ2) is 6.51. The number of aromatic amines is 1. The molecular weight excluding hydrogens is 329 g/mol. The number of benzene rings is 2. The Kier molecular flexibility index (Phi) is 4.42. The molecule has 0 aliphatic carbocycles. The van der Waals surface area contributed by atoms with E-state index in [1.54, 1.807) is 48.5 Å². The Morgan fingerprint density at radius 3 is 2.58 bits per heavy atom.